The highest BCUT2D eigenvalue weighted by Crippen LogP contribution is 2.45. The van der Waals surface area contributed by atoms with Gasteiger partial charge in [-0.25, -0.2) is 5.01 Å². The third kappa shape index (κ3) is 1.16. The molecule has 1 aliphatic carbocycles. The molecule has 0 amide bonds. The van der Waals surface area contributed by atoms with Gasteiger partial charge in [-0.3, -0.25) is 5.84 Å². The number of rotatable bonds is 1. The highest BCUT2D eigenvalue weighted by Gasteiger charge is 2.46. The fraction of sp³-hybridized carbons (Fsp3) is 1.00. The van der Waals surface area contributed by atoms with Crippen LogP contribution in [0.25, 0.3) is 0 Å². The van der Waals surface area contributed by atoms with Gasteiger partial charge in [-0.15, -0.1) is 0 Å². The Labute approximate surface area is 73.5 Å². The van der Waals surface area contributed by atoms with E-state index in [9.17, 15) is 5.11 Å². The van der Waals surface area contributed by atoms with Gasteiger partial charge in [-0.1, -0.05) is 12.8 Å². The summed E-state index contributed by atoms with van der Waals surface area (Å²) in [6, 6.07) is 0. The molecule has 70 valence electrons. The molecular weight excluding hydrogens is 152 g/mol. The summed E-state index contributed by atoms with van der Waals surface area (Å²) in [5, 5.41) is 11.3. The molecule has 0 aromatic rings. The maximum absolute atomic E-state index is 9.39. The quantitative estimate of drug-likeness (QED) is 0.558. The first-order valence-electron chi connectivity index (χ1n) is 4.87. The van der Waals surface area contributed by atoms with Gasteiger partial charge in [0, 0.05) is 18.5 Å². The first kappa shape index (κ1) is 8.48. The van der Waals surface area contributed by atoms with E-state index in [0.717, 1.165) is 13.1 Å². The van der Waals surface area contributed by atoms with Crippen LogP contribution in [0.2, 0.25) is 0 Å². The predicted octanol–water partition coefficient (Wildman–Crippen LogP) is 0.345. The molecule has 2 atom stereocenters. The number of aliphatic hydroxyl groups excluding tert-OH is 1. The second kappa shape index (κ2) is 2.98. The van der Waals surface area contributed by atoms with E-state index in [-0.39, 0.29) is 5.41 Å². The van der Waals surface area contributed by atoms with Gasteiger partial charge in [0.2, 0.25) is 0 Å². The zero-order valence-electron chi connectivity index (χ0n) is 7.50. The van der Waals surface area contributed by atoms with Gasteiger partial charge in [0.25, 0.3) is 0 Å². The van der Waals surface area contributed by atoms with Crippen molar-refractivity contribution in [1.82, 2.24) is 5.01 Å². The lowest BCUT2D eigenvalue weighted by Crippen LogP contribution is -2.37. The molecule has 1 heterocycles. The average Bonchev–Trinajstić information content (AvgIpc) is 2.41. The Hall–Kier alpha value is -0.120. The molecule has 3 heteroatoms. The van der Waals surface area contributed by atoms with Crippen LogP contribution in [0, 0.1) is 11.3 Å². The van der Waals surface area contributed by atoms with E-state index in [4.69, 9.17) is 5.84 Å². The van der Waals surface area contributed by atoms with Crippen molar-refractivity contribution in [2.45, 2.75) is 25.7 Å². The Balaban J connectivity index is 2.14. The molecule has 2 aliphatic rings. The number of nitrogens with zero attached hydrogens (tertiary/aromatic N) is 1. The monoisotopic (exact) mass is 170 g/mol. The lowest BCUT2D eigenvalue weighted by Gasteiger charge is -2.36. The van der Waals surface area contributed by atoms with Gasteiger partial charge in [0.05, 0.1) is 6.61 Å². The standard InChI is InChI=1S/C9H18N2O/c10-11-5-8-3-1-2-4-9(8,6-11)7-12/h8,12H,1-7,10H2/t8-,9+/m1/s1. The molecule has 3 N–H and O–H groups in total. The van der Waals surface area contributed by atoms with E-state index >= 15 is 0 Å². The number of hydrazine groups is 1. The van der Waals surface area contributed by atoms with Crippen molar-refractivity contribution in [3.05, 3.63) is 0 Å². The maximum atomic E-state index is 9.39. The highest BCUT2D eigenvalue weighted by atomic mass is 16.3. The summed E-state index contributed by atoms with van der Waals surface area (Å²) in [6.45, 7) is 2.21. The molecule has 2 rings (SSSR count). The summed E-state index contributed by atoms with van der Waals surface area (Å²) in [5.74, 6) is 6.43. The molecule has 0 aromatic heterocycles. The Bertz CT molecular complexity index is 174. The Morgan fingerprint density at radius 3 is 3.00 bits per heavy atom. The van der Waals surface area contributed by atoms with Gasteiger partial charge in [-0.2, -0.15) is 0 Å². The van der Waals surface area contributed by atoms with E-state index in [2.05, 4.69) is 0 Å². The summed E-state index contributed by atoms with van der Waals surface area (Å²) >= 11 is 0. The average molecular weight is 170 g/mol. The zero-order chi connectivity index (χ0) is 8.60. The normalized spacial score (nSPS) is 43.0. The minimum atomic E-state index is 0.160. The topological polar surface area (TPSA) is 49.5 Å². The van der Waals surface area contributed by atoms with Gasteiger partial charge in [-0.05, 0) is 18.8 Å². The maximum Gasteiger partial charge on any atom is 0.0503 e. The van der Waals surface area contributed by atoms with Gasteiger partial charge < -0.3 is 5.11 Å². The molecular formula is C9H18N2O. The largest absolute Gasteiger partial charge is 0.396 e. The summed E-state index contributed by atoms with van der Waals surface area (Å²) in [4.78, 5) is 0. The third-order valence-electron chi connectivity index (χ3n) is 3.63. The van der Waals surface area contributed by atoms with Crippen LogP contribution in [-0.4, -0.2) is 29.8 Å². The number of fused-ring (bicyclic) bond motifs is 1. The Kier molecular flexibility index (Phi) is 2.10. The number of hydrogen-bond acceptors (Lipinski definition) is 3. The number of nitrogens with two attached hydrogens (primary N) is 1. The van der Waals surface area contributed by atoms with E-state index in [1.807, 2.05) is 5.01 Å². The molecule has 0 unspecified atom stereocenters. The van der Waals surface area contributed by atoms with Gasteiger partial charge in [0.15, 0.2) is 0 Å². The van der Waals surface area contributed by atoms with Crippen LogP contribution in [0.1, 0.15) is 25.7 Å². The van der Waals surface area contributed by atoms with Crippen molar-refractivity contribution in [3.63, 3.8) is 0 Å². The van der Waals surface area contributed by atoms with Crippen molar-refractivity contribution in [2.75, 3.05) is 19.7 Å². The van der Waals surface area contributed by atoms with Crippen LogP contribution < -0.4 is 5.84 Å². The van der Waals surface area contributed by atoms with Crippen LogP contribution in [0.15, 0.2) is 0 Å². The minimum Gasteiger partial charge on any atom is -0.396 e. The van der Waals surface area contributed by atoms with Gasteiger partial charge >= 0.3 is 0 Å². The molecule has 12 heavy (non-hydrogen) atoms. The van der Waals surface area contributed by atoms with Crippen molar-refractivity contribution in [3.8, 4) is 0 Å². The first-order valence-corrected chi connectivity index (χ1v) is 4.87. The van der Waals surface area contributed by atoms with Crippen LogP contribution in [0.5, 0.6) is 0 Å². The van der Waals surface area contributed by atoms with Crippen molar-refractivity contribution in [2.24, 2.45) is 17.2 Å². The Morgan fingerprint density at radius 1 is 1.50 bits per heavy atom. The summed E-state index contributed by atoms with van der Waals surface area (Å²) in [6.07, 6.45) is 5.02. The van der Waals surface area contributed by atoms with Crippen molar-refractivity contribution < 1.29 is 5.11 Å². The van der Waals surface area contributed by atoms with E-state index in [0.29, 0.717) is 12.5 Å². The van der Waals surface area contributed by atoms with Crippen molar-refractivity contribution >= 4 is 0 Å². The van der Waals surface area contributed by atoms with E-state index in [1.54, 1.807) is 0 Å². The minimum absolute atomic E-state index is 0.160. The molecule has 0 spiro atoms. The summed E-state index contributed by atoms with van der Waals surface area (Å²) in [5.41, 5.74) is 0.160. The summed E-state index contributed by atoms with van der Waals surface area (Å²) in [7, 11) is 0. The molecule has 3 nitrogen and oxygen atoms in total. The first-order chi connectivity index (χ1) is 5.77. The molecule has 1 aliphatic heterocycles. The fourth-order valence-electron chi connectivity index (χ4n) is 2.88. The van der Waals surface area contributed by atoms with Crippen LogP contribution >= 0.6 is 0 Å². The number of hydrogen-bond donors (Lipinski definition) is 2. The van der Waals surface area contributed by atoms with E-state index in [1.165, 1.54) is 25.7 Å². The van der Waals surface area contributed by atoms with Crippen LogP contribution in [-0.2, 0) is 0 Å². The lowest BCUT2D eigenvalue weighted by atomic mass is 9.69. The van der Waals surface area contributed by atoms with Gasteiger partial charge in [0.1, 0.15) is 0 Å². The highest BCUT2D eigenvalue weighted by molar-refractivity contribution is 4.96. The second-order valence-electron chi connectivity index (χ2n) is 4.39. The lowest BCUT2D eigenvalue weighted by molar-refractivity contribution is 0.0583. The molecule has 0 radical (unpaired) electrons. The smallest absolute Gasteiger partial charge is 0.0503 e. The van der Waals surface area contributed by atoms with Crippen molar-refractivity contribution in [1.29, 1.82) is 0 Å². The molecule has 1 saturated carbocycles. The molecule has 0 aromatic carbocycles. The second-order valence-corrected chi connectivity index (χ2v) is 4.39. The molecule has 1 saturated heterocycles. The predicted molar refractivity (Wildman–Crippen MR) is 47.2 cm³/mol. The van der Waals surface area contributed by atoms with E-state index < -0.39 is 0 Å². The van der Waals surface area contributed by atoms with Crippen LogP contribution in [0.4, 0.5) is 0 Å². The number of aliphatic hydroxyl groups is 1. The third-order valence-corrected chi connectivity index (χ3v) is 3.63. The SMILES string of the molecule is NN1C[C@H]2CCCC[C@@]2(CO)C1. The van der Waals surface area contributed by atoms with Crippen LogP contribution in [0.3, 0.4) is 0 Å². The zero-order valence-corrected chi connectivity index (χ0v) is 7.50. The summed E-state index contributed by atoms with van der Waals surface area (Å²) < 4.78 is 0. The molecule has 2 fully saturated rings. The molecule has 0 bridgehead atoms. The fourth-order valence-corrected chi connectivity index (χ4v) is 2.88. The Morgan fingerprint density at radius 2 is 2.33 bits per heavy atom.